The smallest absolute Gasteiger partial charge is 0.107 e. The molecule has 0 radical (unpaired) electrons. The highest BCUT2D eigenvalue weighted by Crippen LogP contribution is 2.44. The maximum Gasteiger partial charge on any atom is 0.107 e. The Morgan fingerprint density at radius 1 is 1.37 bits per heavy atom. The molecule has 3 heteroatoms. The largest absolute Gasteiger partial charge is 0.349 e. The zero-order valence-electron chi connectivity index (χ0n) is 11.6. The van der Waals surface area contributed by atoms with Crippen molar-refractivity contribution in [3.05, 3.63) is 53.6 Å². The number of H-pyrrole nitrogens is 1. The summed E-state index contributed by atoms with van der Waals surface area (Å²) in [4.78, 5) is 7.42. The number of nitrogens with one attached hydrogen (secondary N) is 2. The number of aromatic amines is 1. The average molecular weight is 255 g/mol. The van der Waals surface area contributed by atoms with Crippen LogP contribution in [0.25, 0.3) is 0 Å². The Morgan fingerprint density at radius 3 is 3.00 bits per heavy atom. The van der Waals surface area contributed by atoms with Gasteiger partial charge in [-0.25, -0.2) is 4.98 Å². The van der Waals surface area contributed by atoms with Gasteiger partial charge in [-0.1, -0.05) is 38.1 Å². The molecular weight excluding hydrogens is 234 g/mol. The molecule has 2 aromatic rings. The van der Waals surface area contributed by atoms with Gasteiger partial charge in [0, 0.05) is 31.4 Å². The Morgan fingerprint density at radius 2 is 2.21 bits per heavy atom. The molecular formula is C16H21N3. The first kappa shape index (κ1) is 12.4. The fraction of sp³-hybridized carbons (Fsp3) is 0.438. The highest BCUT2D eigenvalue weighted by Gasteiger charge is 2.38. The summed E-state index contributed by atoms with van der Waals surface area (Å²) in [5, 5.41) is 3.71. The summed E-state index contributed by atoms with van der Waals surface area (Å²) in [7, 11) is 0. The number of rotatable bonds is 4. The van der Waals surface area contributed by atoms with Crippen LogP contribution in [0.1, 0.15) is 36.8 Å². The van der Waals surface area contributed by atoms with Crippen LogP contribution >= 0.6 is 0 Å². The van der Waals surface area contributed by atoms with Gasteiger partial charge in [-0.15, -0.1) is 0 Å². The number of nitrogens with zero attached hydrogens (tertiary/aromatic N) is 1. The van der Waals surface area contributed by atoms with Crippen molar-refractivity contribution in [2.75, 3.05) is 6.54 Å². The lowest BCUT2D eigenvalue weighted by Crippen LogP contribution is -2.32. The molecule has 2 N–H and O–H groups in total. The first-order chi connectivity index (χ1) is 9.17. The van der Waals surface area contributed by atoms with Gasteiger partial charge in [0.15, 0.2) is 0 Å². The molecule has 3 nitrogen and oxygen atoms in total. The van der Waals surface area contributed by atoms with Crippen LogP contribution in [-0.4, -0.2) is 16.5 Å². The molecule has 0 spiro atoms. The summed E-state index contributed by atoms with van der Waals surface area (Å²) in [5.41, 5.74) is 3.24. The lowest BCUT2D eigenvalue weighted by atomic mass is 9.85. The Balaban J connectivity index is 1.69. The van der Waals surface area contributed by atoms with Crippen LogP contribution in [0.2, 0.25) is 0 Å². The number of benzene rings is 1. The molecule has 1 aromatic carbocycles. The number of fused-ring (bicyclic) bond motifs is 1. The summed E-state index contributed by atoms with van der Waals surface area (Å²) >= 11 is 0. The average Bonchev–Trinajstić information content (AvgIpc) is 2.96. The van der Waals surface area contributed by atoms with E-state index in [1.54, 1.807) is 0 Å². The van der Waals surface area contributed by atoms with Gasteiger partial charge < -0.3 is 10.3 Å². The normalized spacial score (nSPS) is 20.4. The van der Waals surface area contributed by atoms with Crippen molar-refractivity contribution in [2.45, 2.75) is 32.7 Å². The zero-order chi connectivity index (χ0) is 13.3. The zero-order valence-corrected chi connectivity index (χ0v) is 11.6. The number of hydrogen-bond acceptors (Lipinski definition) is 2. The van der Waals surface area contributed by atoms with Gasteiger partial charge in [0.05, 0.1) is 0 Å². The molecule has 0 saturated carbocycles. The van der Waals surface area contributed by atoms with E-state index in [0.717, 1.165) is 25.2 Å². The molecule has 1 unspecified atom stereocenters. The third-order valence-electron chi connectivity index (χ3n) is 4.06. The monoisotopic (exact) mass is 255 g/mol. The second-order valence-corrected chi connectivity index (χ2v) is 6.04. The van der Waals surface area contributed by atoms with E-state index in [0.29, 0.717) is 6.04 Å². The minimum atomic E-state index is 0.285. The number of aromatic nitrogens is 2. The SMILES string of the molecule is CC1(C)Cc2ccccc2C1NCCc1ncc[nH]1. The molecule has 0 fully saturated rings. The highest BCUT2D eigenvalue weighted by atomic mass is 15.0. The van der Waals surface area contributed by atoms with Crippen LogP contribution in [0.4, 0.5) is 0 Å². The van der Waals surface area contributed by atoms with Crippen LogP contribution in [0, 0.1) is 5.41 Å². The molecule has 1 aliphatic rings. The van der Waals surface area contributed by atoms with Gasteiger partial charge in [0.25, 0.3) is 0 Å². The number of imidazole rings is 1. The van der Waals surface area contributed by atoms with Gasteiger partial charge in [0.1, 0.15) is 5.82 Å². The van der Waals surface area contributed by atoms with Crippen LogP contribution in [0.15, 0.2) is 36.7 Å². The maximum atomic E-state index is 4.27. The van der Waals surface area contributed by atoms with Gasteiger partial charge in [0.2, 0.25) is 0 Å². The maximum absolute atomic E-state index is 4.27. The van der Waals surface area contributed by atoms with Crippen LogP contribution in [-0.2, 0) is 12.8 Å². The van der Waals surface area contributed by atoms with Gasteiger partial charge in [-0.2, -0.15) is 0 Å². The summed E-state index contributed by atoms with van der Waals surface area (Å²) in [6.07, 6.45) is 5.79. The van der Waals surface area contributed by atoms with Gasteiger partial charge in [-0.3, -0.25) is 0 Å². The Hall–Kier alpha value is -1.61. The Bertz CT molecular complexity index is 543. The van der Waals surface area contributed by atoms with Gasteiger partial charge >= 0.3 is 0 Å². The molecule has 0 aliphatic heterocycles. The van der Waals surface area contributed by atoms with E-state index in [4.69, 9.17) is 0 Å². The first-order valence-corrected chi connectivity index (χ1v) is 6.96. The molecule has 100 valence electrons. The summed E-state index contributed by atoms with van der Waals surface area (Å²) in [5.74, 6) is 1.05. The van der Waals surface area contributed by atoms with Crippen LogP contribution in [0.5, 0.6) is 0 Å². The van der Waals surface area contributed by atoms with E-state index in [2.05, 4.69) is 53.4 Å². The van der Waals surface area contributed by atoms with Crippen molar-refractivity contribution >= 4 is 0 Å². The topological polar surface area (TPSA) is 40.7 Å². The quantitative estimate of drug-likeness (QED) is 0.882. The van der Waals surface area contributed by atoms with E-state index in [9.17, 15) is 0 Å². The predicted octanol–water partition coefficient (Wildman–Crippen LogP) is 2.87. The molecule has 1 atom stereocenters. The molecule has 0 bridgehead atoms. The lowest BCUT2D eigenvalue weighted by molar-refractivity contribution is 0.270. The second kappa shape index (κ2) is 4.82. The van der Waals surface area contributed by atoms with Crippen molar-refractivity contribution in [3.8, 4) is 0 Å². The fourth-order valence-electron chi connectivity index (χ4n) is 3.15. The minimum absolute atomic E-state index is 0.285. The molecule has 0 amide bonds. The summed E-state index contributed by atoms with van der Waals surface area (Å²) in [6.45, 7) is 5.64. The molecule has 3 rings (SSSR count). The standard InChI is InChI=1S/C16H21N3/c1-16(2)11-12-5-3-4-6-13(12)15(16)19-8-7-14-17-9-10-18-14/h3-6,9-10,15,19H,7-8,11H2,1-2H3,(H,17,18). The van der Waals surface area contributed by atoms with Crippen LogP contribution in [0.3, 0.4) is 0 Å². The number of hydrogen-bond donors (Lipinski definition) is 2. The lowest BCUT2D eigenvalue weighted by Gasteiger charge is -2.28. The summed E-state index contributed by atoms with van der Waals surface area (Å²) in [6, 6.07) is 9.24. The highest BCUT2D eigenvalue weighted by molar-refractivity contribution is 5.37. The van der Waals surface area contributed by atoms with Crippen molar-refractivity contribution in [2.24, 2.45) is 5.41 Å². The van der Waals surface area contributed by atoms with Crippen molar-refractivity contribution in [1.82, 2.24) is 15.3 Å². The molecule has 19 heavy (non-hydrogen) atoms. The van der Waals surface area contributed by atoms with E-state index < -0.39 is 0 Å². The van der Waals surface area contributed by atoms with E-state index >= 15 is 0 Å². The summed E-state index contributed by atoms with van der Waals surface area (Å²) < 4.78 is 0. The van der Waals surface area contributed by atoms with E-state index in [-0.39, 0.29) is 5.41 Å². The molecule has 1 aromatic heterocycles. The van der Waals surface area contributed by atoms with E-state index in [1.807, 2.05) is 12.4 Å². The van der Waals surface area contributed by atoms with E-state index in [1.165, 1.54) is 11.1 Å². The van der Waals surface area contributed by atoms with Crippen LogP contribution < -0.4 is 5.32 Å². The minimum Gasteiger partial charge on any atom is -0.349 e. The van der Waals surface area contributed by atoms with Crippen molar-refractivity contribution in [1.29, 1.82) is 0 Å². The Labute approximate surface area is 114 Å². The predicted molar refractivity (Wildman–Crippen MR) is 77.0 cm³/mol. The first-order valence-electron chi connectivity index (χ1n) is 6.96. The fourth-order valence-corrected chi connectivity index (χ4v) is 3.15. The molecule has 1 heterocycles. The Kier molecular flexibility index (Phi) is 3.15. The third kappa shape index (κ3) is 2.43. The molecule has 1 aliphatic carbocycles. The van der Waals surface area contributed by atoms with Gasteiger partial charge in [-0.05, 0) is 23.0 Å². The molecule has 0 saturated heterocycles. The van der Waals surface area contributed by atoms with Crippen molar-refractivity contribution in [3.63, 3.8) is 0 Å². The second-order valence-electron chi connectivity index (χ2n) is 6.04. The third-order valence-corrected chi connectivity index (χ3v) is 4.06. The van der Waals surface area contributed by atoms with Crippen molar-refractivity contribution < 1.29 is 0 Å².